The molecule has 6 rings (SSSR count). The molecule has 2 aromatic rings. The molecule has 40 heavy (non-hydrogen) atoms. The van der Waals surface area contributed by atoms with Gasteiger partial charge < -0.3 is 24.5 Å². The number of aliphatic hydroxyl groups excluding tert-OH is 1. The van der Waals surface area contributed by atoms with Crippen molar-refractivity contribution in [3.8, 4) is 0 Å². The molecule has 2 saturated heterocycles. The third-order valence-corrected chi connectivity index (χ3v) is 8.77. The van der Waals surface area contributed by atoms with Gasteiger partial charge in [-0.2, -0.15) is 0 Å². The van der Waals surface area contributed by atoms with E-state index in [-0.39, 0.29) is 24.3 Å². The second kappa shape index (κ2) is 10.7. The van der Waals surface area contributed by atoms with Crippen molar-refractivity contribution in [1.82, 2.24) is 14.7 Å². The van der Waals surface area contributed by atoms with E-state index in [1.165, 1.54) is 4.90 Å². The number of benzene rings is 2. The molecular weight excluding hydrogens is 506 g/mol. The number of likely N-dealkylation sites (tertiary alicyclic amines) is 1. The van der Waals surface area contributed by atoms with Crippen LogP contribution in [0.3, 0.4) is 0 Å². The number of rotatable bonds is 7. The Morgan fingerprint density at radius 1 is 0.875 bits per heavy atom. The van der Waals surface area contributed by atoms with Crippen molar-refractivity contribution < 1.29 is 24.2 Å². The molecule has 1 spiro atoms. The SMILES string of the molecule is CC[C@@H](CO)N1C(=O)[C@@H]2[C@H]3C(=O)N(Cc4ccccc4)CC=C[C@H]3O[C@@]23C=CCN(Cc2ccccc2)C(=O)C13. The van der Waals surface area contributed by atoms with Gasteiger partial charge in [0.1, 0.15) is 11.6 Å². The van der Waals surface area contributed by atoms with Gasteiger partial charge in [-0.1, -0.05) is 91.9 Å². The second-order valence-electron chi connectivity index (χ2n) is 11.1. The zero-order valence-electron chi connectivity index (χ0n) is 22.6. The van der Waals surface area contributed by atoms with Crippen LogP contribution in [0.5, 0.6) is 0 Å². The number of hydrogen-bond donors (Lipinski definition) is 1. The lowest BCUT2D eigenvalue weighted by Gasteiger charge is -2.38. The molecule has 0 aliphatic carbocycles. The summed E-state index contributed by atoms with van der Waals surface area (Å²) in [6, 6.07) is 18.0. The Bertz CT molecular complexity index is 1320. The average Bonchev–Trinajstić information content (AvgIpc) is 3.30. The summed E-state index contributed by atoms with van der Waals surface area (Å²) in [5.74, 6) is -2.32. The van der Waals surface area contributed by atoms with E-state index in [9.17, 15) is 19.5 Å². The zero-order valence-corrected chi connectivity index (χ0v) is 22.6. The normalized spacial score (nSPS) is 30.1. The summed E-state index contributed by atoms with van der Waals surface area (Å²) in [7, 11) is 0. The van der Waals surface area contributed by atoms with Crippen molar-refractivity contribution in [2.45, 2.75) is 50.2 Å². The van der Waals surface area contributed by atoms with Crippen molar-refractivity contribution >= 4 is 17.7 Å². The molecule has 8 nitrogen and oxygen atoms in total. The van der Waals surface area contributed by atoms with Gasteiger partial charge in [0.15, 0.2) is 0 Å². The largest absolute Gasteiger partial charge is 0.394 e. The number of fused-ring (bicyclic) bond motifs is 2. The van der Waals surface area contributed by atoms with Crippen LogP contribution >= 0.6 is 0 Å². The molecule has 0 radical (unpaired) electrons. The monoisotopic (exact) mass is 541 g/mol. The van der Waals surface area contributed by atoms with Gasteiger partial charge in [0.2, 0.25) is 17.7 Å². The van der Waals surface area contributed by atoms with E-state index in [0.29, 0.717) is 32.6 Å². The maximum atomic E-state index is 14.3. The molecule has 4 aliphatic heterocycles. The highest BCUT2D eigenvalue weighted by atomic mass is 16.5. The Labute approximate surface area is 234 Å². The summed E-state index contributed by atoms with van der Waals surface area (Å²) in [5, 5.41) is 10.3. The van der Waals surface area contributed by atoms with Gasteiger partial charge in [-0.15, -0.1) is 0 Å². The van der Waals surface area contributed by atoms with Crippen molar-refractivity contribution in [3.05, 3.63) is 96.1 Å². The van der Waals surface area contributed by atoms with Crippen molar-refractivity contribution in [1.29, 1.82) is 0 Å². The maximum absolute atomic E-state index is 14.3. The van der Waals surface area contributed by atoms with E-state index in [2.05, 4.69) is 0 Å². The van der Waals surface area contributed by atoms with Crippen LogP contribution in [-0.4, -0.2) is 81.0 Å². The van der Waals surface area contributed by atoms with Crippen LogP contribution < -0.4 is 0 Å². The van der Waals surface area contributed by atoms with E-state index in [0.717, 1.165) is 11.1 Å². The van der Waals surface area contributed by atoms with Crippen LogP contribution in [0.4, 0.5) is 0 Å². The number of aliphatic hydroxyl groups is 1. The van der Waals surface area contributed by atoms with E-state index >= 15 is 0 Å². The van der Waals surface area contributed by atoms with Gasteiger partial charge in [-0.25, -0.2) is 0 Å². The topological polar surface area (TPSA) is 90.4 Å². The fourth-order valence-corrected chi connectivity index (χ4v) is 6.87. The number of carbonyl (C=O) groups excluding carboxylic acids is 3. The third-order valence-electron chi connectivity index (χ3n) is 8.77. The predicted molar refractivity (Wildman–Crippen MR) is 148 cm³/mol. The molecular formula is C32H35N3O5. The molecule has 8 heteroatoms. The fraction of sp³-hybridized carbons (Fsp3) is 0.406. The van der Waals surface area contributed by atoms with Crippen LogP contribution in [0.2, 0.25) is 0 Å². The van der Waals surface area contributed by atoms with Crippen LogP contribution in [0, 0.1) is 11.8 Å². The lowest BCUT2D eigenvalue weighted by atomic mass is 9.77. The van der Waals surface area contributed by atoms with Crippen LogP contribution in [-0.2, 0) is 32.2 Å². The molecule has 0 saturated carbocycles. The van der Waals surface area contributed by atoms with Gasteiger partial charge in [-0.05, 0) is 17.5 Å². The number of amides is 3. The van der Waals surface area contributed by atoms with Crippen molar-refractivity contribution in [2.75, 3.05) is 19.7 Å². The molecule has 3 amide bonds. The van der Waals surface area contributed by atoms with Crippen LogP contribution in [0.1, 0.15) is 24.5 Å². The minimum absolute atomic E-state index is 0.155. The molecule has 2 aromatic carbocycles. The Morgan fingerprint density at radius 2 is 1.48 bits per heavy atom. The molecule has 2 fully saturated rings. The highest BCUT2D eigenvalue weighted by Crippen LogP contribution is 2.54. The van der Waals surface area contributed by atoms with E-state index in [4.69, 9.17) is 4.74 Å². The maximum Gasteiger partial charge on any atom is 0.249 e. The van der Waals surface area contributed by atoms with Crippen LogP contribution in [0.15, 0.2) is 85.0 Å². The Hall–Kier alpha value is -3.75. The summed E-state index contributed by atoms with van der Waals surface area (Å²) < 4.78 is 6.71. The highest BCUT2D eigenvalue weighted by Gasteiger charge is 2.72. The minimum atomic E-state index is -1.30. The standard InChI is InChI=1S/C32H35N3O5/c1-2-24(21-36)35-28-31(39)34(20-23-13-7-4-8-14-23)18-10-16-32(28)27(30(35)38)26-25(40-32)15-9-17-33(29(26)37)19-22-11-5-3-6-12-22/h3-16,24-28,36H,2,17-21H2,1H3/t24-,25+,26-,27-,28?,32-/m0/s1. The predicted octanol–water partition coefficient (Wildman–Crippen LogP) is 2.54. The Kier molecular flexibility index (Phi) is 7.06. The first-order chi connectivity index (χ1) is 19.5. The first kappa shape index (κ1) is 26.5. The summed E-state index contributed by atoms with van der Waals surface area (Å²) in [4.78, 5) is 47.8. The Morgan fingerprint density at radius 3 is 2.08 bits per heavy atom. The number of hydrogen-bond acceptors (Lipinski definition) is 5. The highest BCUT2D eigenvalue weighted by molar-refractivity contribution is 6.00. The lowest BCUT2D eigenvalue weighted by molar-refractivity contribution is -0.151. The van der Waals surface area contributed by atoms with Gasteiger partial charge in [-0.3, -0.25) is 14.4 Å². The third kappa shape index (κ3) is 4.26. The summed E-state index contributed by atoms with van der Waals surface area (Å²) in [5.41, 5.74) is 0.683. The van der Waals surface area contributed by atoms with Crippen LogP contribution in [0.25, 0.3) is 0 Å². The van der Waals surface area contributed by atoms with Crippen molar-refractivity contribution in [2.24, 2.45) is 11.8 Å². The van der Waals surface area contributed by atoms with Gasteiger partial charge in [0.25, 0.3) is 0 Å². The van der Waals surface area contributed by atoms with Gasteiger partial charge in [0.05, 0.1) is 30.6 Å². The number of ether oxygens (including phenoxy) is 1. The zero-order chi connectivity index (χ0) is 27.9. The van der Waals surface area contributed by atoms with E-state index < -0.39 is 35.6 Å². The molecule has 208 valence electrons. The molecule has 4 heterocycles. The van der Waals surface area contributed by atoms with E-state index in [1.54, 1.807) is 9.80 Å². The Balaban J connectivity index is 1.39. The molecule has 0 aromatic heterocycles. The molecule has 0 bridgehead atoms. The molecule has 1 N–H and O–H groups in total. The van der Waals surface area contributed by atoms with E-state index in [1.807, 2.05) is 91.9 Å². The molecule has 4 aliphatic rings. The second-order valence-corrected chi connectivity index (χ2v) is 11.1. The lowest BCUT2D eigenvalue weighted by Crippen LogP contribution is -2.57. The summed E-state index contributed by atoms with van der Waals surface area (Å²) in [6.45, 7) is 3.19. The minimum Gasteiger partial charge on any atom is -0.394 e. The fourth-order valence-electron chi connectivity index (χ4n) is 6.87. The number of nitrogens with zero attached hydrogens (tertiary/aromatic N) is 3. The molecule has 1 unspecified atom stereocenters. The first-order valence-corrected chi connectivity index (χ1v) is 14.1. The number of carbonyl (C=O) groups is 3. The average molecular weight is 542 g/mol. The first-order valence-electron chi connectivity index (χ1n) is 14.1. The van der Waals surface area contributed by atoms with Gasteiger partial charge in [0, 0.05) is 26.2 Å². The summed E-state index contributed by atoms with van der Waals surface area (Å²) in [6.07, 6.45) is 7.39. The van der Waals surface area contributed by atoms with Gasteiger partial charge >= 0.3 is 0 Å². The van der Waals surface area contributed by atoms with Crippen molar-refractivity contribution in [3.63, 3.8) is 0 Å². The molecule has 6 atom stereocenters. The smallest absolute Gasteiger partial charge is 0.249 e. The summed E-state index contributed by atoms with van der Waals surface area (Å²) >= 11 is 0. The quantitative estimate of drug-likeness (QED) is 0.545.